The van der Waals surface area contributed by atoms with Gasteiger partial charge in [-0.3, -0.25) is 5.32 Å². The summed E-state index contributed by atoms with van der Waals surface area (Å²) in [5.41, 5.74) is 0.799. The number of carbonyl (C=O) groups excluding carboxylic acids is 1. The fraction of sp³-hybridized carbons (Fsp3) is 0.158. The highest BCUT2D eigenvalue weighted by molar-refractivity contribution is 5.84. The lowest BCUT2D eigenvalue weighted by Gasteiger charge is -2.23. The lowest BCUT2D eigenvalue weighted by atomic mass is 9.96. The van der Waals surface area contributed by atoms with E-state index in [1.165, 1.54) is 12.1 Å². The molecule has 3 N–H and O–H groups in total. The molecule has 1 amide bonds. The van der Waals surface area contributed by atoms with E-state index in [1.54, 1.807) is 37.3 Å². The molecule has 0 heterocycles. The molecule has 6 nitrogen and oxygen atoms in total. The SMILES string of the molecule is C[C@@H](/C=C/C(=O)O)[C@@H](OC(=O)Nc1ccccc1)c1ccc(O)c(F)c1. The first-order chi connectivity index (χ1) is 12.4. The van der Waals surface area contributed by atoms with Crippen molar-refractivity contribution in [1.82, 2.24) is 0 Å². The topological polar surface area (TPSA) is 95.9 Å². The molecule has 0 spiro atoms. The predicted molar refractivity (Wildman–Crippen MR) is 93.3 cm³/mol. The number of carbonyl (C=O) groups is 2. The molecular weight excluding hydrogens is 341 g/mol. The zero-order valence-corrected chi connectivity index (χ0v) is 13.9. The van der Waals surface area contributed by atoms with Gasteiger partial charge in [-0.1, -0.05) is 37.3 Å². The number of para-hydroxylation sites is 1. The van der Waals surface area contributed by atoms with Crippen molar-refractivity contribution in [3.05, 3.63) is 72.1 Å². The molecule has 0 saturated carbocycles. The third kappa shape index (κ3) is 5.34. The van der Waals surface area contributed by atoms with Crippen LogP contribution in [0.4, 0.5) is 14.9 Å². The van der Waals surface area contributed by atoms with Crippen molar-refractivity contribution in [2.75, 3.05) is 5.32 Å². The molecule has 0 aliphatic heterocycles. The van der Waals surface area contributed by atoms with Crippen LogP contribution in [-0.2, 0) is 9.53 Å². The van der Waals surface area contributed by atoms with Gasteiger partial charge in [0.25, 0.3) is 0 Å². The zero-order valence-electron chi connectivity index (χ0n) is 13.9. The second-order valence-corrected chi connectivity index (χ2v) is 5.58. The van der Waals surface area contributed by atoms with Gasteiger partial charge >= 0.3 is 12.1 Å². The summed E-state index contributed by atoms with van der Waals surface area (Å²) < 4.78 is 19.1. The highest BCUT2D eigenvalue weighted by Gasteiger charge is 2.23. The smallest absolute Gasteiger partial charge is 0.412 e. The average molecular weight is 359 g/mol. The number of ether oxygens (including phenoxy) is 1. The summed E-state index contributed by atoms with van der Waals surface area (Å²) in [5.74, 6) is -3.11. The van der Waals surface area contributed by atoms with Gasteiger partial charge in [-0.25, -0.2) is 14.0 Å². The van der Waals surface area contributed by atoms with Crippen molar-refractivity contribution in [1.29, 1.82) is 0 Å². The van der Waals surface area contributed by atoms with E-state index in [0.717, 1.165) is 18.2 Å². The number of phenols is 1. The monoisotopic (exact) mass is 359 g/mol. The van der Waals surface area contributed by atoms with Crippen LogP contribution in [0.15, 0.2) is 60.7 Å². The van der Waals surface area contributed by atoms with Gasteiger partial charge < -0.3 is 14.9 Å². The van der Waals surface area contributed by atoms with Crippen molar-refractivity contribution < 1.29 is 28.9 Å². The lowest BCUT2D eigenvalue weighted by Crippen LogP contribution is -2.21. The van der Waals surface area contributed by atoms with Crippen LogP contribution in [-0.4, -0.2) is 22.3 Å². The minimum atomic E-state index is -1.15. The first-order valence-electron chi connectivity index (χ1n) is 7.79. The standard InChI is InChI=1S/C19H18FNO5/c1-12(7-10-17(23)24)18(13-8-9-16(22)15(20)11-13)26-19(25)21-14-5-3-2-4-6-14/h2-12,18,22H,1H3,(H,21,25)(H,23,24)/b10-7+/t12-,18+/m0/s1. The number of benzene rings is 2. The van der Waals surface area contributed by atoms with Gasteiger partial charge in [0.2, 0.25) is 0 Å². The largest absolute Gasteiger partial charge is 0.505 e. The van der Waals surface area contributed by atoms with Crippen LogP contribution < -0.4 is 5.32 Å². The Labute approximate surface area is 149 Å². The summed E-state index contributed by atoms with van der Waals surface area (Å²) in [7, 11) is 0. The maximum atomic E-state index is 13.7. The number of anilines is 1. The van der Waals surface area contributed by atoms with E-state index < -0.39 is 35.7 Å². The number of phenolic OH excluding ortho intramolecular Hbond substituents is 1. The van der Waals surface area contributed by atoms with Gasteiger partial charge in [-0.2, -0.15) is 0 Å². The Balaban J connectivity index is 2.23. The molecule has 2 aromatic carbocycles. The molecule has 0 aliphatic rings. The van der Waals surface area contributed by atoms with E-state index in [2.05, 4.69) is 5.32 Å². The van der Waals surface area contributed by atoms with Crippen molar-refractivity contribution in [3.63, 3.8) is 0 Å². The van der Waals surface area contributed by atoms with E-state index in [0.29, 0.717) is 5.69 Å². The summed E-state index contributed by atoms with van der Waals surface area (Å²) in [6, 6.07) is 12.2. The second kappa shape index (κ2) is 8.66. The van der Waals surface area contributed by atoms with Gasteiger partial charge in [-0.05, 0) is 29.8 Å². The number of aromatic hydroxyl groups is 1. The van der Waals surface area contributed by atoms with Crippen LogP contribution in [0.3, 0.4) is 0 Å². The number of hydrogen-bond donors (Lipinski definition) is 3. The minimum absolute atomic E-state index is 0.283. The molecule has 0 bridgehead atoms. The van der Waals surface area contributed by atoms with E-state index in [4.69, 9.17) is 9.84 Å². The molecule has 2 atom stereocenters. The third-order valence-corrected chi connectivity index (χ3v) is 3.57. The van der Waals surface area contributed by atoms with Gasteiger partial charge in [0.15, 0.2) is 11.6 Å². The number of carboxylic acid groups (broad SMARTS) is 1. The van der Waals surface area contributed by atoms with Crippen molar-refractivity contribution >= 4 is 17.7 Å². The summed E-state index contributed by atoms with van der Waals surface area (Å²) in [6.45, 7) is 1.63. The van der Waals surface area contributed by atoms with Crippen LogP contribution in [0, 0.1) is 11.7 Å². The highest BCUT2D eigenvalue weighted by atomic mass is 19.1. The fourth-order valence-electron chi connectivity index (χ4n) is 2.30. The Kier molecular flexibility index (Phi) is 6.32. The number of amides is 1. The van der Waals surface area contributed by atoms with Gasteiger partial charge in [0.1, 0.15) is 6.10 Å². The Morgan fingerprint density at radius 3 is 2.50 bits per heavy atom. The zero-order chi connectivity index (χ0) is 19.1. The Bertz CT molecular complexity index is 807. The third-order valence-electron chi connectivity index (χ3n) is 3.57. The first kappa shape index (κ1) is 19.0. The van der Waals surface area contributed by atoms with Gasteiger partial charge in [0, 0.05) is 17.7 Å². The summed E-state index contributed by atoms with van der Waals surface area (Å²) in [5, 5.41) is 20.6. The van der Waals surface area contributed by atoms with Crippen LogP contribution in [0.2, 0.25) is 0 Å². The molecule has 0 aromatic heterocycles. The van der Waals surface area contributed by atoms with E-state index in [1.807, 2.05) is 0 Å². The number of carboxylic acids is 1. The molecule has 2 rings (SSSR count). The molecule has 0 fully saturated rings. The Morgan fingerprint density at radius 2 is 1.88 bits per heavy atom. The van der Waals surface area contributed by atoms with Gasteiger partial charge in [0.05, 0.1) is 0 Å². The van der Waals surface area contributed by atoms with Crippen LogP contribution in [0.25, 0.3) is 0 Å². The van der Waals surface area contributed by atoms with Crippen LogP contribution >= 0.6 is 0 Å². The molecule has 2 aromatic rings. The van der Waals surface area contributed by atoms with E-state index in [9.17, 15) is 19.1 Å². The number of aliphatic carboxylic acids is 1. The molecule has 0 radical (unpaired) electrons. The molecule has 0 saturated heterocycles. The maximum absolute atomic E-state index is 13.7. The minimum Gasteiger partial charge on any atom is -0.505 e. The molecule has 136 valence electrons. The fourth-order valence-corrected chi connectivity index (χ4v) is 2.30. The number of hydrogen-bond acceptors (Lipinski definition) is 4. The average Bonchev–Trinajstić information content (AvgIpc) is 2.61. The molecule has 26 heavy (non-hydrogen) atoms. The van der Waals surface area contributed by atoms with E-state index >= 15 is 0 Å². The van der Waals surface area contributed by atoms with Crippen molar-refractivity contribution in [2.24, 2.45) is 5.92 Å². The number of nitrogens with one attached hydrogen (secondary N) is 1. The van der Waals surface area contributed by atoms with E-state index in [-0.39, 0.29) is 5.56 Å². The summed E-state index contributed by atoms with van der Waals surface area (Å²) in [6.07, 6.45) is 0.537. The molecular formula is C19H18FNO5. The highest BCUT2D eigenvalue weighted by Crippen LogP contribution is 2.30. The summed E-state index contributed by atoms with van der Waals surface area (Å²) in [4.78, 5) is 22.9. The quantitative estimate of drug-likeness (QED) is 0.675. The van der Waals surface area contributed by atoms with Crippen molar-refractivity contribution in [3.8, 4) is 5.75 Å². The van der Waals surface area contributed by atoms with Crippen LogP contribution in [0.5, 0.6) is 5.75 Å². The molecule has 7 heteroatoms. The van der Waals surface area contributed by atoms with Crippen LogP contribution in [0.1, 0.15) is 18.6 Å². The Hall–Kier alpha value is -3.35. The maximum Gasteiger partial charge on any atom is 0.412 e. The normalized spacial score (nSPS) is 13.2. The lowest BCUT2D eigenvalue weighted by molar-refractivity contribution is -0.131. The van der Waals surface area contributed by atoms with Gasteiger partial charge in [-0.15, -0.1) is 0 Å². The first-order valence-corrected chi connectivity index (χ1v) is 7.79. The second-order valence-electron chi connectivity index (χ2n) is 5.58. The number of rotatable bonds is 6. The predicted octanol–water partition coefficient (Wildman–Crippen LogP) is 4.10. The molecule has 0 aliphatic carbocycles. The van der Waals surface area contributed by atoms with Crippen molar-refractivity contribution in [2.45, 2.75) is 13.0 Å². The Morgan fingerprint density at radius 1 is 1.19 bits per heavy atom. The summed E-state index contributed by atoms with van der Waals surface area (Å²) >= 11 is 0. The number of halogens is 1. The molecule has 0 unspecified atom stereocenters.